The Balaban J connectivity index is 1.06. The van der Waals surface area contributed by atoms with Crippen LogP contribution in [0.25, 0.3) is 123 Å². The van der Waals surface area contributed by atoms with E-state index in [9.17, 15) is 0 Å². The van der Waals surface area contributed by atoms with E-state index in [1.807, 2.05) is 18.2 Å². The minimum atomic E-state index is 0.0184. The summed E-state index contributed by atoms with van der Waals surface area (Å²) in [4.78, 5) is 15.8. The molecule has 0 radical (unpaired) electrons. The molecular weight excluding hydrogens is 913 g/mol. The van der Waals surface area contributed by atoms with E-state index in [0.29, 0.717) is 17.5 Å². The molecule has 0 spiro atoms. The van der Waals surface area contributed by atoms with Crippen LogP contribution in [0.3, 0.4) is 0 Å². The zero-order valence-corrected chi connectivity index (χ0v) is 41.1. The summed E-state index contributed by atoms with van der Waals surface area (Å²) in [6.45, 7) is 0. The van der Waals surface area contributed by atoms with Gasteiger partial charge in [0.05, 0.1) is 34.0 Å². The molecule has 75 heavy (non-hydrogen) atoms. The fourth-order valence-electron chi connectivity index (χ4n) is 12.2. The van der Waals surface area contributed by atoms with Crippen LogP contribution in [0.5, 0.6) is 0 Å². The monoisotopic (exact) mass is 960 g/mol. The van der Waals surface area contributed by atoms with Gasteiger partial charge in [0.2, 0.25) is 0 Å². The normalized spacial score (nSPS) is 14.3. The van der Waals surface area contributed by atoms with Crippen molar-refractivity contribution in [3.05, 3.63) is 260 Å². The van der Waals surface area contributed by atoms with E-state index in [-0.39, 0.29) is 6.04 Å². The topological polar surface area (TPSA) is 53.5 Å². The van der Waals surface area contributed by atoms with E-state index in [4.69, 9.17) is 15.0 Å². The first-order chi connectivity index (χ1) is 37.2. The molecule has 0 bridgehead atoms. The second-order valence-electron chi connectivity index (χ2n) is 19.7. The van der Waals surface area contributed by atoms with Crippen molar-refractivity contribution in [2.24, 2.45) is 0 Å². The summed E-state index contributed by atoms with van der Waals surface area (Å²) in [6.07, 6.45) is 14.2. The zero-order valence-electron chi connectivity index (χ0n) is 41.1. The molecule has 6 heteroatoms. The van der Waals surface area contributed by atoms with E-state index in [2.05, 4.69) is 244 Å². The van der Waals surface area contributed by atoms with Crippen molar-refractivity contribution in [2.75, 3.05) is 0 Å². The van der Waals surface area contributed by atoms with Crippen molar-refractivity contribution in [3.8, 4) is 56.4 Å². The van der Waals surface area contributed by atoms with Crippen molar-refractivity contribution in [1.29, 1.82) is 0 Å². The molecule has 0 saturated heterocycles. The first-order valence-corrected chi connectivity index (χ1v) is 26.0. The Hall–Kier alpha value is -9.65. The molecule has 0 aliphatic heterocycles. The smallest absolute Gasteiger partial charge is 0.164 e. The highest BCUT2D eigenvalue weighted by Crippen LogP contribution is 2.48. The van der Waals surface area contributed by atoms with Gasteiger partial charge in [-0.05, 0) is 72.5 Å². The zero-order chi connectivity index (χ0) is 49.4. The van der Waals surface area contributed by atoms with Gasteiger partial charge in [-0.2, -0.15) is 0 Å². The Labute approximate surface area is 434 Å². The summed E-state index contributed by atoms with van der Waals surface area (Å²) in [5.74, 6) is 1.95. The van der Waals surface area contributed by atoms with Crippen LogP contribution in [-0.2, 0) is 6.42 Å². The number of benzene rings is 9. The van der Waals surface area contributed by atoms with E-state index in [0.717, 1.165) is 75.1 Å². The molecule has 2 aliphatic carbocycles. The van der Waals surface area contributed by atoms with Gasteiger partial charge in [-0.1, -0.05) is 200 Å². The summed E-state index contributed by atoms with van der Waals surface area (Å²) in [7, 11) is 0. The maximum atomic E-state index is 5.35. The average molecular weight is 961 g/mol. The van der Waals surface area contributed by atoms with Gasteiger partial charge in [0, 0.05) is 83.5 Å². The van der Waals surface area contributed by atoms with E-state index >= 15 is 0 Å². The number of aromatic nitrogens is 6. The van der Waals surface area contributed by atoms with E-state index < -0.39 is 0 Å². The van der Waals surface area contributed by atoms with Crippen LogP contribution < -0.4 is 0 Å². The highest BCUT2D eigenvalue weighted by atomic mass is 15.1. The van der Waals surface area contributed by atoms with Crippen molar-refractivity contribution in [2.45, 2.75) is 25.3 Å². The predicted octanol–water partition coefficient (Wildman–Crippen LogP) is 17.2. The van der Waals surface area contributed by atoms with Crippen LogP contribution in [0.4, 0.5) is 0 Å². The molecule has 0 N–H and O–H groups in total. The lowest BCUT2D eigenvalue weighted by Gasteiger charge is -2.26. The summed E-state index contributed by atoms with van der Waals surface area (Å²) < 4.78 is 7.68. The Kier molecular flexibility index (Phi) is 10.0. The molecule has 0 fully saturated rings. The quantitative estimate of drug-likeness (QED) is 0.152. The first-order valence-electron chi connectivity index (χ1n) is 26.0. The summed E-state index contributed by atoms with van der Waals surface area (Å²) >= 11 is 0. The third-order valence-electron chi connectivity index (χ3n) is 15.5. The molecule has 354 valence electrons. The fourth-order valence-corrected chi connectivity index (χ4v) is 12.2. The Morgan fingerprint density at radius 1 is 0.400 bits per heavy atom. The lowest BCUT2D eigenvalue weighted by atomic mass is 9.92. The lowest BCUT2D eigenvalue weighted by molar-refractivity contribution is 0.620. The third kappa shape index (κ3) is 6.98. The molecule has 6 nitrogen and oxygen atoms in total. The van der Waals surface area contributed by atoms with Crippen LogP contribution in [0.2, 0.25) is 0 Å². The van der Waals surface area contributed by atoms with Gasteiger partial charge in [-0.3, -0.25) is 0 Å². The number of nitrogens with zero attached hydrogens (tertiary/aromatic N) is 6. The van der Waals surface area contributed by atoms with Gasteiger partial charge in [-0.25, -0.2) is 15.0 Å². The van der Waals surface area contributed by atoms with Crippen LogP contribution >= 0.6 is 0 Å². The predicted molar refractivity (Wildman–Crippen MR) is 310 cm³/mol. The van der Waals surface area contributed by atoms with Crippen molar-refractivity contribution in [3.63, 3.8) is 0 Å². The van der Waals surface area contributed by atoms with Crippen molar-refractivity contribution >= 4 is 66.2 Å². The van der Waals surface area contributed by atoms with Crippen LogP contribution in [-0.4, -0.2) is 28.7 Å². The highest BCUT2D eigenvalue weighted by Gasteiger charge is 2.31. The minimum Gasteiger partial charge on any atom is -0.333 e. The van der Waals surface area contributed by atoms with Gasteiger partial charge >= 0.3 is 0 Å². The number of para-hydroxylation sites is 4. The van der Waals surface area contributed by atoms with Gasteiger partial charge in [-0.15, -0.1) is 0 Å². The SMILES string of the molecule is C1=CC(c2nc(-c3ccccc3)nc(-c3cc(-c4ccccc4)c(-n4c5c(c6c(-n7c8ccccc8c8ccccc87)cccc64)C=CC(n4c6ccccc6c6ccccc64)C5)c(-c4ccccc4)c3)n2)=CCC1. The van der Waals surface area contributed by atoms with Crippen LogP contribution in [0.1, 0.15) is 36.0 Å². The largest absolute Gasteiger partial charge is 0.333 e. The number of hydrogen-bond donors (Lipinski definition) is 0. The minimum absolute atomic E-state index is 0.0184. The maximum absolute atomic E-state index is 5.35. The molecule has 9 aromatic carbocycles. The number of allylic oxidation sites excluding steroid dienone is 5. The molecule has 13 aromatic rings. The lowest BCUT2D eigenvalue weighted by Crippen LogP contribution is -2.16. The highest BCUT2D eigenvalue weighted by molar-refractivity contribution is 6.12. The van der Waals surface area contributed by atoms with Gasteiger partial charge in [0.25, 0.3) is 0 Å². The van der Waals surface area contributed by atoms with Gasteiger partial charge in [0.15, 0.2) is 17.5 Å². The van der Waals surface area contributed by atoms with Gasteiger partial charge in [0.1, 0.15) is 0 Å². The molecule has 4 aromatic heterocycles. The second-order valence-corrected chi connectivity index (χ2v) is 19.7. The van der Waals surface area contributed by atoms with Gasteiger partial charge < -0.3 is 13.7 Å². The third-order valence-corrected chi connectivity index (χ3v) is 15.5. The standard InChI is InChI=1S/C69H48N6/c1-5-22-45(23-6-1)56-42-49(69-71-67(47-26-9-3-10-27-47)70-68(72-69)48-28-11-4-12-29-48)43-57(46-24-7-2-8-25-46)66(56)75-63-39-21-38-62(74-60-36-19-15-32-53(60)54-33-16-20-37-61(54)74)65(63)55-41-40-50(44-64(55)75)73-58-34-17-13-30-51(58)52-31-14-18-35-59(52)73/h1-3,5-11,13-43,50H,4,12,44H2. The van der Waals surface area contributed by atoms with E-state index in [1.54, 1.807) is 0 Å². The Morgan fingerprint density at radius 3 is 1.47 bits per heavy atom. The molecule has 0 saturated carbocycles. The van der Waals surface area contributed by atoms with Crippen LogP contribution in [0.15, 0.2) is 243 Å². The average Bonchev–Trinajstić information content (AvgIpc) is 4.16. The molecule has 0 amide bonds. The number of rotatable bonds is 8. The molecule has 1 unspecified atom stereocenters. The second kappa shape index (κ2) is 17.5. The Morgan fingerprint density at radius 2 is 0.893 bits per heavy atom. The van der Waals surface area contributed by atoms with E-state index in [1.165, 1.54) is 60.3 Å². The molecule has 4 heterocycles. The summed E-state index contributed by atoms with van der Waals surface area (Å²) in [5.41, 5.74) is 17.9. The summed E-state index contributed by atoms with van der Waals surface area (Å²) in [6, 6.07) is 79.1. The maximum Gasteiger partial charge on any atom is 0.164 e. The summed E-state index contributed by atoms with van der Waals surface area (Å²) in [5, 5.41) is 6.22. The van der Waals surface area contributed by atoms with Crippen molar-refractivity contribution in [1.82, 2.24) is 28.7 Å². The van der Waals surface area contributed by atoms with Crippen molar-refractivity contribution < 1.29 is 0 Å². The first kappa shape index (κ1) is 43.0. The fraction of sp³-hybridized carbons (Fsp3) is 0.0580. The van der Waals surface area contributed by atoms with Crippen LogP contribution in [0, 0.1) is 0 Å². The number of hydrogen-bond acceptors (Lipinski definition) is 3. The molecule has 15 rings (SSSR count). The molecule has 1 atom stereocenters. The molecular formula is C69H48N6. The molecule has 2 aliphatic rings. The Bertz CT molecular complexity index is 4330. The number of fused-ring (bicyclic) bond motifs is 9.